The molecule has 1 aromatic heterocycles. The predicted molar refractivity (Wildman–Crippen MR) is 73.9 cm³/mol. The second-order valence-corrected chi connectivity index (χ2v) is 6.21. The first-order chi connectivity index (χ1) is 9.73. The fourth-order valence-electron chi connectivity index (χ4n) is 1.97. The van der Waals surface area contributed by atoms with Crippen LogP contribution in [0.15, 0.2) is 24.3 Å². The minimum atomic E-state index is -3.63. The molecule has 2 rings (SSSR count). The van der Waals surface area contributed by atoms with Crippen molar-refractivity contribution in [1.82, 2.24) is 4.57 Å². The number of hydrogen-bond acceptors (Lipinski definition) is 3. The molecular formula is C13H11F2N3O2S. The molecule has 0 aliphatic carbocycles. The van der Waals surface area contributed by atoms with Crippen LogP contribution in [0.2, 0.25) is 0 Å². The first kappa shape index (κ1) is 15.0. The van der Waals surface area contributed by atoms with Crippen LogP contribution in [0, 0.1) is 23.0 Å². The van der Waals surface area contributed by atoms with E-state index in [2.05, 4.69) is 0 Å². The first-order valence-electron chi connectivity index (χ1n) is 5.76. The van der Waals surface area contributed by atoms with E-state index in [1.807, 2.05) is 10.8 Å². The Balaban J connectivity index is 2.56. The maximum absolute atomic E-state index is 14.1. The number of nitrogens with zero attached hydrogens (tertiary/aromatic N) is 2. The molecule has 21 heavy (non-hydrogen) atoms. The van der Waals surface area contributed by atoms with Gasteiger partial charge in [0.2, 0.25) is 10.0 Å². The van der Waals surface area contributed by atoms with Gasteiger partial charge in [0.1, 0.15) is 23.4 Å². The average Bonchev–Trinajstić information content (AvgIpc) is 2.68. The second kappa shape index (κ2) is 5.18. The molecule has 1 aromatic carbocycles. The third-order valence-electron chi connectivity index (χ3n) is 2.84. The van der Waals surface area contributed by atoms with Crippen molar-refractivity contribution in [1.29, 1.82) is 5.26 Å². The van der Waals surface area contributed by atoms with Crippen molar-refractivity contribution in [2.24, 2.45) is 7.05 Å². The van der Waals surface area contributed by atoms with E-state index in [0.717, 1.165) is 18.4 Å². The third kappa shape index (κ3) is 3.03. The van der Waals surface area contributed by atoms with E-state index >= 15 is 0 Å². The van der Waals surface area contributed by atoms with Gasteiger partial charge in [0.15, 0.2) is 0 Å². The van der Waals surface area contributed by atoms with Crippen molar-refractivity contribution in [2.45, 2.75) is 0 Å². The molecule has 0 radical (unpaired) electrons. The van der Waals surface area contributed by atoms with Crippen LogP contribution in [0.5, 0.6) is 0 Å². The quantitative estimate of drug-likeness (QED) is 0.944. The van der Waals surface area contributed by atoms with E-state index in [-0.39, 0.29) is 22.6 Å². The molecule has 1 N–H and O–H groups in total. The molecule has 8 heteroatoms. The van der Waals surface area contributed by atoms with Gasteiger partial charge >= 0.3 is 0 Å². The number of nitriles is 1. The van der Waals surface area contributed by atoms with Gasteiger partial charge in [0, 0.05) is 7.05 Å². The van der Waals surface area contributed by atoms with E-state index in [1.54, 1.807) is 0 Å². The lowest BCUT2D eigenvalue weighted by molar-refractivity contribution is 0.588. The smallest absolute Gasteiger partial charge is 0.229 e. The largest absolute Gasteiger partial charge is 0.335 e. The van der Waals surface area contributed by atoms with Gasteiger partial charge in [-0.1, -0.05) is 0 Å². The topological polar surface area (TPSA) is 74.9 Å². The van der Waals surface area contributed by atoms with Crippen LogP contribution in [-0.2, 0) is 17.1 Å². The zero-order valence-corrected chi connectivity index (χ0v) is 12.0. The molecule has 110 valence electrons. The van der Waals surface area contributed by atoms with E-state index in [0.29, 0.717) is 0 Å². The molecular weight excluding hydrogens is 300 g/mol. The summed E-state index contributed by atoms with van der Waals surface area (Å²) in [5, 5.41) is 8.85. The van der Waals surface area contributed by atoms with Crippen LogP contribution in [0.4, 0.5) is 14.5 Å². The second-order valence-electron chi connectivity index (χ2n) is 4.46. The lowest BCUT2D eigenvalue weighted by Crippen LogP contribution is -2.10. The molecule has 0 fully saturated rings. The van der Waals surface area contributed by atoms with Crippen molar-refractivity contribution >= 4 is 15.7 Å². The number of hydrogen-bond donors (Lipinski definition) is 1. The highest BCUT2D eigenvalue weighted by Crippen LogP contribution is 2.30. The zero-order chi connectivity index (χ0) is 15.8. The van der Waals surface area contributed by atoms with Crippen LogP contribution in [0.25, 0.3) is 11.3 Å². The number of aromatic nitrogens is 1. The van der Waals surface area contributed by atoms with Gasteiger partial charge < -0.3 is 4.57 Å². The Labute approximate surface area is 120 Å². The highest BCUT2D eigenvalue weighted by atomic mass is 32.2. The fourth-order valence-corrected chi connectivity index (χ4v) is 2.51. The lowest BCUT2D eigenvalue weighted by atomic mass is 10.1. The predicted octanol–water partition coefficient (Wildman–Crippen LogP) is 2.21. The Bertz CT molecular complexity index is 828. The monoisotopic (exact) mass is 311 g/mol. The molecule has 0 atom stereocenters. The molecule has 0 aliphatic heterocycles. The average molecular weight is 311 g/mol. The molecule has 0 unspecified atom stereocenters. The van der Waals surface area contributed by atoms with Crippen LogP contribution in [-0.4, -0.2) is 19.2 Å². The molecule has 0 aliphatic rings. The minimum absolute atomic E-state index is 0.187. The van der Waals surface area contributed by atoms with Gasteiger partial charge in [-0.25, -0.2) is 17.2 Å². The Morgan fingerprint density at radius 1 is 1.24 bits per heavy atom. The van der Waals surface area contributed by atoms with Crippen LogP contribution >= 0.6 is 0 Å². The van der Waals surface area contributed by atoms with Gasteiger partial charge in [-0.3, -0.25) is 4.72 Å². The van der Waals surface area contributed by atoms with Crippen LogP contribution in [0.3, 0.4) is 0 Å². The highest BCUT2D eigenvalue weighted by Gasteiger charge is 2.18. The maximum Gasteiger partial charge on any atom is 0.229 e. The first-order valence-corrected chi connectivity index (χ1v) is 7.65. The molecule has 5 nitrogen and oxygen atoms in total. The SMILES string of the molecule is Cn1c(C#N)ccc1-c1c(F)cc(NS(C)(=O)=O)cc1F. The Hall–Kier alpha value is -2.40. The molecule has 0 spiro atoms. The number of halogens is 2. The fraction of sp³-hybridized carbons (Fsp3) is 0.154. The van der Waals surface area contributed by atoms with Gasteiger partial charge in [-0.05, 0) is 24.3 Å². The summed E-state index contributed by atoms with van der Waals surface area (Å²) in [4.78, 5) is 0. The van der Waals surface area contributed by atoms with Gasteiger partial charge in [0.05, 0.1) is 23.2 Å². The lowest BCUT2D eigenvalue weighted by Gasteiger charge is -2.10. The Kier molecular flexibility index (Phi) is 3.70. The van der Waals surface area contributed by atoms with E-state index < -0.39 is 21.7 Å². The van der Waals surface area contributed by atoms with Crippen molar-refractivity contribution in [3.8, 4) is 17.3 Å². The molecule has 0 saturated carbocycles. The van der Waals surface area contributed by atoms with Crippen molar-refractivity contribution in [3.63, 3.8) is 0 Å². The van der Waals surface area contributed by atoms with Gasteiger partial charge in [-0.2, -0.15) is 5.26 Å². The van der Waals surface area contributed by atoms with E-state index in [1.165, 1.54) is 23.7 Å². The minimum Gasteiger partial charge on any atom is -0.335 e. The van der Waals surface area contributed by atoms with Crippen molar-refractivity contribution in [2.75, 3.05) is 11.0 Å². The summed E-state index contributed by atoms with van der Waals surface area (Å²) in [5.41, 5.74) is -0.0846. The van der Waals surface area contributed by atoms with Crippen LogP contribution < -0.4 is 4.72 Å². The normalized spacial score (nSPS) is 11.2. The molecule has 0 bridgehead atoms. The number of rotatable bonds is 3. The Morgan fingerprint density at radius 3 is 2.24 bits per heavy atom. The summed E-state index contributed by atoms with van der Waals surface area (Å²) in [5.74, 6) is -1.85. The van der Waals surface area contributed by atoms with Gasteiger partial charge in [0.25, 0.3) is 0 Å². The number of nitrogens with one attached hydrogen (secondary N) is 1. The van der Waals surface area contributed by atoms with Crippen molar-refractivity contribution in [3.05, 3.63) is 41.6 Å². The summed E-state index contributed by atoms with van der Waals surface area (Å²) in [6.07, 6.45) is 0.882. The summed E-state index contributed by atoms with van der Waals surface area (Å²) in [6, 6.07) is 6.53. The van der Waals surface area contributed by atoms with Crippen molar-refractivity contribution < 1.29 is 17.2 Å². The summed E-state index contributed by atoms with van der Waals surface area (Å²) < 4.78 is 53.7. The standard InChI is InChI=1S/C13H11F2N3O2S/c1-18-9(7-16)3-4-12(18)13-10(14)5-8(6-11(13)15)17-21(2,19)20/h3-6,17H,1-2H3. The third-order valence-corrected chi connectivity index (χ3v) is 3.44. The highest BCUT2D eigenvalue weighted by molar-refractivity contribution is 7.92. The van der Waals surface area contributed by atoms with E-state index in [9.17, 15) is 17.2 Å². The van der Waals surface area contributed by atoms with Gasteiger partial charge in [-0.15, -0.1) is 0 Å². The summed E-state index contributed by atoms with van der Waals surface area (Å²) >= 11 is 0. The Morgan fingerprint density at radius 2 is 1.81 bits per heavy atom. The molecule has 0 saturated heterocycles. The van der Waals surface area contributed by atoms with Crippen LogP contribution in [0.1, 0.15) is 5.69 Å². The number of sulfonamides is 1. The molecule has 2 aromatic rings. The number of anilines is 1. The zero-order valence-electron chi connectivity index (χ0n) is 11.2. The summed E-state index contributed by atoms with van der Waals surface area (Å²) in [6.45, 7) is 0. The molecule has 0 amide bonds. The van der Waals surface area contributed by atoms with E-state index in [4.69, 9.17) is 5.26 Å². The molecule has 1 heterocycles. The summed E-state index contributed by atoms with van der Waals surface area (Å²) in [7, 11) is -2.12. The maximum atomic E-state index is 14.1. The number of benzene rings is 1.